The summed E-state index contributed by atoms with van der Waals surface area (Å²) in [5.41, 5.74) is 6.12. The normalized spacial score (nSPS) is 11.4. The van der Waals surface area contributed by atoms with Crippen molar-refractivity contribution in [3.8, 4) is 5.75 Å². The van der Waals surface area contributed by atoms with E-state index in [1.807, 2.05) is 61.5 Å². The van der Waals surface area contributed by atoms with E-state index in [1.165, 1.54) is 6.07 Å². The second-order valence-corrected chi connectivity index (χ2v) is 6.55. The van der Waals surface area contributed by atoms with Crippen LogP contribution in [0.5, 0.6) is 5.75 Å². The van der Waals surface area contributed by atoms with E-state index >= 15 is 0 Å². The number of aromatic hydroxyl groups is 1. The van der Waals surface area contributed by atoms with Crippen LogP contribution in [0.2, 0.25) is 0 Å². The van der Waals surface area contributed by atoms with Gasteiger partial charge in [0.2, 0.25) is 5.55 Å². The lowest BCUT2D eigenvalue weighted by molar-refractivity contribution is 0.102. The summed E-state index contributed by atoms with van der Waals surface area (Å²) >= 11 is 0. The van der Waals surface area contributed by atoms with Gasteiger partial charge in [-0.25, -0.2) is 0 Å². The number of phenolic OH excluding ortho intramolecular Hbond substituents is 1. The van der Waals surface area contributed by atoms with Gasteiger partial charge in [0.05, 0.1) is 5.69 Å². The third-order valence-corrected chi connectivity index (χ3v) is 4.43. The molecule has 0 atom stereocenters. The molecule has 3 N–H and O–H groups in total. The molecule has 4 rings (SSSR count). The van der Waals surface area contributed by atoms with Crippen LogP contribution in [0.3, 0.4) is 0 Å². The summed E-state index contributed by atoms with van der Waals surface area (Å²) in [5.74, 6) is -0.271. The van der Waals surface area contributed by atoms with E-state index in [1.54, 1.807) is 18.2 Å². The highest BCUT2D eigenvalue weighted by Crippen LogP contribution is 2.20. The standard InChI is InChI=1S/C23H19N3O3/c1-15-7-5-6-10-20(15)24-22(28)19-13-16-11-12-18(27)14-21(16)29-23(19)26-25-17-8-3-2-4-9-17/h2-14,25,27H,1H3,(H,24,28)/b26-23-. The SMILES string of the molecule is Cc1ccccc1NC(=O)c1cc2ccc(O)cc2o/c1=N\Nc1ccccc1. The van der Waals surface area contributed by atoms with Crippen LogP contribution >= 0.6 is 0 Å². The van der Waals surface area contributed by atoms with Crippen LogP contribution in [0, 0.1) is 6.92 Å². The van der Waals surface area contributed by atoms with Crippen molar-refractivity contribution in [2.24, 2.45) is 5.10 Å². The van der Waals surface area contributed by atoms with E-state index in [4.69, 9.17) is 4.42 Å². The smallest absolute Gasteiger partial charge is 0.261 e. The van der Waals surface area contributed by atoms with Gasteiger partial charge in [-0.15, -0.1) is 5.10 Å². The van der Waals surface area contributed by atoms with Crippen molar-refractivity contribution in [1.82, 2.24) is 0 Å². The van der Waals surface area contributed by atoms with Gasteiger partial charge < -0.3 is 14.8 Å². The minimum Gasteiger partial charge on any atom is -0.508 e. The Balaban J connectivity index is 1.79. The summed E-state index contributed by atoms with van der Waals surface area (Å²) in [4.78, 5) is 13.0. The number of hydrogen-bond acceptors (Lipinski definition) is 5. The Morgan fingerprint density at radius 2 is 1.72 bits per heavy atom. The minimum absolute atomic E-state index is 0.0698. The Bertz CT molecular complexity index is 1250. The molecule has 0 spiro atoms. The number of carbonyl (C=O) groups is 1. The molecular formula is C23H19N3O3. The molecule has 29 heavy (non-hydrogen) atoms. The zero-order valence-corrected chi connectivity index (χ0v) is 15.7. The number of benzene rings is 3. The van der Waals surface area contributed by atoms with Gasteiger partial charge >= 0.3 is 0 Å². The van der Waals surface area contributed by atoms with Gasteiger partial charge in [-0.3, -0.25) is 10.2 Å². The highest BCUT2D eigenvalue weighted by atomic mass is 16.3. The number of phenols is 1. The molecule has 0 unspecified atom stereocenters. The Hall–Kier alpha value is -4.06. The Labute approximate surface area is 167 Å². The average molecular weight is 385 g/mol. The fourth-order valence-corrected chi connectivity index (χ4v) is 2.88. The van der Waals surface area contributed by atoms with Crippen molar-refractivity contribution >= 4 is 28.3 Å². The summed E-state index contributed by atoms with van der Waals surface area (Å²) in [6.07, 6.45) is 0. The van der Waals surface area contributed by atoms with Gasteiger partial charge in [-0.1, -0.05) is 36.4 Å². The Morgan fingerprint density at radius 1 is 0.966 bits per heavy atom. The van der Waals surface area contributed by atoms with Gasteiger partial charge in [0.1, 0.15) is 16.9 Å². The van der Waals surface area contributed by atoms with Gasteiger partial charge in [0.25, 0.3) is 5.91 Å². The first-order chi connectivity index (χ1) is 14.1. The molecule has 1 heterocycles. The number of rotatable bonds is 4. The van der Waals surface area contributed by atoms with Crippen LogP contribution in [0.15, 0.2) is 88.4 Å². The number of para-hydroxylation sites is 2. The Morgan fingerprint density at radius 3 is 2.52 bits per heavy atom. The van der Waals surface area contributed by atoms with E-state index in [0.717, 1.165) is 11.3 Å². The number of fused-ring (bicyclic) bond motifs is 1. The average Bonchev–Trinajstić information content (AvgIpc) is 2.74. The van der Waals surface area contributed by atoms with Crippen molar-refractivity contribution in [3.63, 3.8) is 0 Å². The van der Waals surface area contributed by atoms with Crippen LogP contribution in [0.25, 0.3) is 11.0 Å². The molecule has 4 aromatic rings. The van der Waals surface area contributed by atoms with E-state index in [9.17, 15) is 9.90 Å². The van der Waals surface area contributed by atoms with Gasteiger partial charge in [0, 0.05) is 17.1 Å². The molecule has 0 radical (unpaired) electrons. The predicted octanol–water partition coefficient (Wildman–Crippen LogP) is 4.63. The lowest BCUT2D eigenvalue weighted by Crippen LogP contribution is -2.23. The van der Waals surface area contributed by atoms with E-state index < -0.39 is 0 Å². The number of hydrogen-bond donors (Lipinski definition) is 3. The van der Waals surface area contributed by atoms with Crippen LogP contribution < -0.4 is 16.3 Å². The third kappa shape index (κ3) is 4.11. The number of carbonyl (C=O) groups excluding carboxylic acids is 1. The topological polar surface area (TPSA) is 86.9 Å². The highest BCUT2D eigenvalue weighted by Gasteiger charge is 2.14. The Kier molecular flexibility index (Phi) is 4.99. The molecule has 0 saturated carbocycles. The molecule has 144 valence electrons. The van der Waals surface area contributed by atoms with Crippen LogP contribution in [0.4, 0.5) is 11.4 Å². The summed E-state index contributed by atoms with van der Waals surface area (Å²) in [7, 11) is 0. The summed E-state index contributed by atoms with van der Waals surface area (Å²) < 4.78 is 5.83. The largest absolute Gasteiger partial charge is 0.508 e. The van der Waals surface area contributed by atoms with Crippen molar-refractivity contribution in [3.05, 3.63) is 95.5 Å². The van der Waals surface area contributed by atoms with Crippen LogP contribution in [-0.4, -0.2) is 11.0 Å². The van der Waals surface area contributed by atoms with E-state index in [2.05, 4.69) is 15.8 Å². The second kappa shape index (κ2) is 7.90. The van der Waals surface area contributed by atoms with E-state index in [0.29, 0.717) is 16.7 Å². The first-order valence-electron chi connectivity index (χ1n) is 9.09. The molecule has 0 saturated heterocycles. The zero-order valence-electron chi connectivity index (χ0n) is 15.7. The zero-order chi connectivity index (χ0) is 20.2. The fourth-order valence-electron chi connectivity index (χ4n) is 2.88. The summed E-state index contributed by atoms with van der Waals surface area (Å²) in [5, 5.41) is 17.6. The lowest BCUT2D eigenvalue weighted by atomic mass is 10.1. The van der Waals surface area contributed by atoms with Crippen LogP contribution in [0.1, 0.15) is 15.9 Å². The molecule has 1 amide bonds. The van der Waals surface area contributed by atoms with Gasteiger partial charge in [0.15, 0.2) is 0 Å². The molecule has 0 aliphatic heterocycles. The molecule has 0 bridgehead atoms. The quantitative estimate of drug-likeness (QED) is 0.447. The first kappa shape index (κ1) is 18.3. The maximum Gasteiger partial charge on any atom is 0.261 e. The maximum atomic E-state index is 13.0. The monoisotopic (exact) mass is 385 g/mol. The number of amides is 1. The molecule has 6 heteroatoms. The number of anilines is 2. The van der Waals surface area contributed by atoms with Gasteiger partial charge in [-0.05, 0) is 48.9 Å². The number of aryl methyl sites for hydroxylation is 1. The molecule has 0 aliphatic rings. The molecule has 6 nitrogen and oxygen atoms in total. The van der Waals surface area contributed by atoms with Gasteiger partial charge in [-0.2, -0.15) is 0 Å². The molecule has 0 aliphatic carbocycles. The number of nitrogens with one attached hydrogen (secondary N) is 2. The van der Waals surface area contributed by atoms with E-state index in [-0.39, 0.29) is 22.8 Å². The first-order valence-corrected chi connectivity index (χ1v) is 9.09. The second-order valence-electron chi connectivity index (χ2n) is 6.55. The van der Waals surface area contributed by atoms with Crippen molar-refractivity contribution in [1.29, 1.82) is 0 Å². The molecule has 3 aromatic carbocycles. The minimum atomic E-state index is -0.341. The highest BCUT2D eigenvalue weighted by molar-refractivity contribution is 6.05. The summed E-state index contributed by atoms with van der Waals surface area (Å²) in [6, 6.07) is 23.3. The fraction of sp³-hybridized carbons (Fsp3) is 0.0435. The number of nitrogens with zero attached hydrogens (tertiary/aromatic N) is 1. The van der Waals surface area contributed by atoms with Crippen molar-refractivity contribution in [2.45, 2.75) is 6.92 Å². The predicted molar refractivity (Wildman–Crippen MR) is 113 cm³/mol. The third-order valence-electron chi connectivity index (χ3n) is 4.43. The molecule has 0 fully saturated rings. The van der Waals surface area contributed by atoms with Crippen LogP contribution in [-0.2, 0) is 0 Å². The van der Waals surface area contributed by atoms with Crippen molar-refractivity contribution < 1.29 is 14.3 Å². The molecular weight excluding hydrogens is 366 g/mol. The lowest BCUT2D eigenvalue weighted by Gasteiger charge is -2.09. The van der Waals surface area contributed by atoms with Crippen molar-refractivity contribution in [2.75, 3.05) is 10.7 Å². The molecule has 1 aromatic heterocycles. The maximum absolute atomic E-state index is 13.0. The summed E-state index contributed by atoms with van der Waals surface area (Å²) in [6.45, 7) is 1.92.